The number of anilines is 1. The van der Waals surface area contributed by atoms with Crippen LogP contribution in [0.1, 0.15) is 46.4 Å². The second-order valence-electron chi connectivity index (χ2n) is 7.82. The van der Waals surface area contributed by atoms with Crippen molar-refractivity contribution < 1.29 is 13.2 Å². The van der Waals surface area contributed by atoms with E-state index in [9.17, 15) is 13.2 Å². The van der Waals surface area contributed by atoms with E-state index < -0.39 is 10.0 Å². The van der Waals surface area contributed by atoms with Crippen molar-refractivity contribution in [3.63, 3.8) is 0 Å². The van der Waals surface area contributed by atoms with Gasteiger partial charge in [-0.1, -0.05) is 31.2 Å². The molecule has 3 rings (SSSR count). The van der Waals surface area contributed by atoms with Gasteiger partial charge in [-0.15, -0.1) is 0 Å². The number of sulfonamides is 1. The minimum atomic E-state index is -3.28. The summed E-state index contributed by atoms with van der Waals surface area (Å²) in [5, 5.41) is 2.94. The number of carbonyl (C=O) groups excluding carboxylic acids is 1. The van der Waals surface area contributed by atoms with E-state index in [-0.39, 0.29) is 11.8 Å². The maximum absolute atomic E-state index is 12.9. The quantitative estimate of drug-likeness (QED) is 0.718. The van der Waals surface area contributed by atoms with E-state index in [0.29, 0.717) is 43.3 Å². The number of benzene rings is 1. The van der Waals surface area contributed by atoms with Crippen LogP contribution in [0, 0.1) is 0 Å². The zero-order valence-corrected chi connectivity index (χ0v) is 18.7. The Kier molecular flexibility index (Phi) is 6.72. The molecule has 0 aliphatic carbocycles. The van der Waals surface area contributed by atoms with Crippen molar-refractivity contribution >= 4 is 21.9 Å². The first-order valence-corrected chi connectivity index (χ1v) is 11.9. The molecule has 2 heterocycles. The van der Waals surface area contributed by atoms with Crippen molar-refractivity contribution in [3.8, 4) is 0 Å². The van der Waals surface area contributed by atoms with E-state index in [1.807, 2.05) is 26.2 Å². The maximum atomic E-state index is 12.9. The highest BCUT2D eigenvalue weighted by Crippen LogP contribution is 2.30. The van der Waals surface area contributed by atoms with Crippen molar-refractivity contribution in [1.29, 1.82) is 0 Å². The van der Waals surface area contributed by atoms with Gasteiger partial charge in [0.15, 0.2) is 0 Å². The molecule has 1 unspecified atom stereocenters. The van der Waals surface area contributed by atoms with E-state index >= 15 is 0 Å². The number of amides is 1. The first-order valence-electron chi connectivity index (χ1n) is 10.0. The molecule has 0 spiro atoms. The highest BCUT2D eigenvalue weighted by molar-refractivity contribution is 7.88. The molecule has 30 heavy (non-hydrogen) atoms. The molecule has 9 heteroatoms. The first kappa shape index (κ1) is 22.2. The van der Waals surface area contributed by atoms with Gasteiger partial charge >= 0.3 is 0 Å². The van der Waals surface area contributed by atoms with Crippen molar-refractivity contribution in [3.05, 3.63) is 52.8 Å². The van der Waals surface area contributed by atoms with Crippen LogP contribution in [0.3, 0.4) is 0 Å². The standard InChI is InChI=1S/C21H29N5O3S/c1-5-15-6-8-16(9-7-15)12-22-20(27)18-13-23-21(25(2)3)24-19(18)17-10-11-26(14-17)30(4,28)29/h6-9,13,17H,5,10-12,14H2,1-4H3,(H,22,27). The van der Waals surface area contributed by atoms with Gasteiger partial charge < -0.3 is 10.2 Å². The summed E-state index contributed by atoms with van der Waals surface area (Å²) in [4.78, 5) is 23.6. The van der Waals surface area contributed by atoms with Crippen LogP contribution < -0.4 is 10.2 Å². The Morgan fingerprint density at radius 2 is 1.90 bits per heavy atom. The summed E-state index contributed by atoms with van der Waals surface area (Å²) >= 11 is 0. The number of carbonyl (C=O) groups is 1. The van der Waals surface area contributed by atoms with Gasteiger partial charge in [0.2, 0.25) is 16.0 Å². The first-order chi connectivity index (χ1) is 14.2. The number of nitrogens with zero attached hydrogens (tertiary/aromatic N) is 4. The summed E-state index contributed by atoms with van der Waals surface area (Å²) < 4.78 is 25.3. The number of aromatic nitrogens is 2. The lowest BCUT2D eigenvalue weighted by Gasteiger charge is -2.18. The number of nitrogens with one attached hydrogen (secondary N) is 1. The van der Waals surface area contributed by atoms with Crippen LogP contribution in [-0.2, 0) is 23.0 Å². The van der Waals surface area contributed by atoms with E-state index in [0.717, 1.165) is 12.0 Å². The summed E-state index contributed by atoms with van der Waals surface area (Å²) in [6.45, 7) is 3.25. The zero-order valence-electron chi connectivity index (χ0n) is 17.9. The fraction of sp³-hybridized carbons (Fsp3) is 0.476. The molecular formula is C21H29N5O3S. The lowest BCUT2D eigenvalue weighted by Crippen LogP contribution is -2.29. The van der Waals surface area contributed by atoms with Crippen LogP contribution >= 0.6 is 0 Å². The fourth-order valence-corrected chi connectivity index (χ4v) is 4.40. The Hall–Kier alpha value is -2.52. The van der Waals surface area contributed by atoms with Crippen LogP contribution in [0.2, 0.25) is 0 Å². The summed E-state index contributed by atoms with van der Waals surface area (Å²) in [7, 11) is 0.383. The van der Waals surface area contributed by atoms with Crippen molar-refractivity contribution in [2.45, 2.75) is 32.2 Å². The van der Waals surface area contributed by atoms with E-state index in [2.05, 4.69) is 34.3 Å². The Morgan fingerprint density at radius 3 is 2.47 bits per heavy atom. The smallest absolute Gasteiger partial charge is 0.254 e. The second-order valence-corrected chi connectivity index (χ2v) is 9.81. The van der Waals surface area contributed by atoms with E-state index in [1.165, 1.54) is 22.3 Å². The average molecular weight is 432 g/mol. The molecule has 1 saturated heterocycles. The largest absolute Gasteiger partial charge is 0.348 e. The molecule has 1 amide bonds. The monoisotopic (exact) mass is 431 g/mol. The van der Waals surface area contributed by atoms with Gasteiger partial charge in [0, 0.05) is 45.8 Å². The predicted octanol–water partition coefficient (Wildman–Crippen LogP) is 1.78. The maximum Gasteiger partial charge on any atom is 0.254 e. The molecule has 1 atom stereocenters. The normalized spacial score (nSPS) is 17.1. The lowest BCUT2D eigenvalue weighted by molar-refractivity contribution is 0.0948. The second kappa shape index (κ2) is 9.09. The van der Waals surface area contributed by atoms with Crippen LogP contribution in [0.5, 0.6) is 0 Å². The molecule has 2 aromatic rings. The van der Waals surface area contributed by atoms with E-state index in [1.54, 1.807) is 4.90 Å². The third-order valence-electron chi connectivity index (χ3n) is 5.34. The third kappa shape index (κ3) is 5.14. The molecule has 0 bridgehead atoms. The molecule has 1 N–H and O–H groups in total. The SMILES string of the molecule is CCc1ccc(CNC(=O)c2cnc(N(C)C)nc2C2CCN(S(C)(=O)=O)C2)cc1. The minimum Gasteiger partial charge on any atom is -0.348 e. The Balaban J connectivity index is 1.81. The van der Waals surface area contributed by atoms with Crippen LogP contribution in [0.25, 0.3) is 0 Å². The molecule has 0 radical (unpaired) electrons. The third-order valence-corrected chi connectivity index (χ3v) is 6.61. The molecule has 1 fully saturated rings. The van der Waals surface area contributed by atoms with Gasteiger partial charge in [-0.25, -0.2) is 22.7 Å². The van der Waals surface area contributed by atoms with Crippen LogP contribution in [0.4, 0.5) is 5.95 Å². The summed E-state index contributed by atoms with van der Waals surface area (Å²) in [5.74, 6) is 0.0909. The van der Waals surface area contributed by atoms with Gasteiger partial charge in [0.05, 0.1) is 17.5 Å². The summed E-state index contributed by atoms with van der Waals surface area (Å²) in [6.07, 6.45) is 4.33. The van der Waals surface area contributed by atoms with Crippen LogP contribution in [-0.4, -0.2) is 62.0 Å². The van der Waals surface area contributed by atoms with Gasteiger partial charge in [0.1, 0.15) is 0 Å². The molecular weight excluding hydrogens is 402 g/mol. The number of hydrogen-bond donors (Lipinski definition) is 1. The zero-order chi connectivity index (χ0) is 21.9. The van der Waals surface area contributed by atoms with Gasteiger partial charge in [-0.3, -0.25) is 4.79 Å². The molecule has 162 valence electrons. The number of hydrogen-bond acceptors (Lipinski definition) is 6. The number of rotatable bonds is 7. The van der Waals surface area contributed by atoms with Crippen molar-refractivity contribution in [2.24, 2.45) is 0 Å². The highest BCUT2D eigenvalue weighted by Gasteiger charge is 2.33. The minimum absolute atomic E-state index is 0.147. The van der Waals surface area contributed by atoms with Gasteiger partial charge in [0.25, 0.3) is 5.91 Å². The van der Waals surface area contributed by atoms with Gasteiger partial charge in [-0.05, 0) is 24.0 Å². The summed E-state index contributed by atoms with van der Waals surface area (Å²) in [5.41, 5.74) is 3.25. The molecule has 0 saturated carbocycles. The Morgan fingerprint density at radius 1 is 1.23 bits per heavy atom. The Bertz CT molecular complexity index is 1010. The van der Waals surface area contributed by atoms with Crippen LogP contribution in [0.15, 0.2) is 30.5 Å². The molecule has 1 aliphatic heterocycles. The highest BCUT2D eigenvalue weighted by atomic mass is 32.2. The van der Waals surface area contributed by atoms with Crippen molar-refractivity contribution in [2.75, 3.05) is 38.3 Å². The summed E-state index contributed by atoms with van der Waals surface area (Å²) in [6, 6.07) is 8.12. The molecule has 1 aromatic heterocycles. The Labute approximate surface area is 178 Å². The van der Waals surface area contributed by atoms with E-state index in [4.69, 9.17) is 0 Å². The van der Waals surface area contributed by atoms with Crippen molar-refractivity contribution in [1.82, 2.24) is 19.6 Å². The fourth-order valence-electron chi connectivity index (χ4n) is 3.51. The topological polar surface area (TPSA) is 95.5 Å². The molecule has 1 aliphatic rings. The lowest BCUT2D eigenvalue weighted by atomic mass is 9.99. The molecule has 8 nitrogen and oxygen atoms in total. The number of aryl methyl sites for hydroxylation is 1. The molecule has 1 aromatic carbocycles. The average Bonchev–Trinajstić information content (AvgIpc) is 3.22. The predicted molar refractivity (Wildman–Crippen MR) is 117 cm³/mol. The van der Waals surface area contributed by atoms with Gasteiger partial charge in [-0.2, -0.15) is 0 Å².